The summed E-state index contributed by atoms with van der Waals surface area (Å²) in [7, 11) is 0. The van der Waals surface area contributed by atoms with Gasteiger partial charge in [-0.15, -0.1) is 0 Å². The lowest BCUT2D eigenvalue weighted by Crippen LogP contribution is -1.99. The lowest BCUT2D eigenvalue weighted by atomic mass is 10.1. The second-order valence-electron chi connectivity index (χ2n) is 4.92. The molecule has 0 spiro atoms. The van der Waals surface area contributed by atoms with Crippen molar-refractivity contribution in [1.29, 1.82) is 0 Å². The van der Waals surface area contributed by atoms with E-state index in [1.165, 1.54) is 0 Å². The van der Waals surface area contributed by atoms with Gasteiger partial charge in [-0.05, 0) is 29.1 Å². The molecule has 0 aliphatic carbocycles. The van der Waals surface area contributed by atoms with Crippen molar-refractivity contribution in [1.82, 2.24) is 4.98 Å². The molecule has 4 heteroatoms. The van der Waals surface area contributed by atoms with Crippen LogP contribution in [0.1, 0.15) is 11.7 Å². The molecule has 3 nitrogen and oxygen atoms in total. The number of hydrogen-bond donors (Lipinski definition) is 0. The summed E-state index contributed by atoms with van der Waals surface area (Å²) < 4.78 is 5.28. The molecule has 1 aliphatic heterocycles. The molecule has 1 aromatic heterocycles. The molecule has 0 amide bonds. The van der Waals surface area contributed by atoms with Crippen molar-refractivity contribution in [3.8, 4) is 0 Å². The van der Waals surface area contributed by atoms with Crippen molar-refractivity contribution < 1.29 is 4.74 Å². The fraction of sp³-hybridized carbons (Fsp3) is 0.125. The molecule has 1 fully saturated rings. The monoisotopic (exact) mass is 283 g/mol. The zero-order valence-corrected chi connectivity index (χ0v) is 11.2. The molecule has 4 rings (SSSR count). The second-order valence-corrected chi connectivity index (χ2v) is 5.35. The fourth-order valence-corrected chi connectivity index (χ4v) is 2.59. The molecule has 0 bridgehead atoms. The van der Waals surface area contributed by atoms with E-state index in [0.717, 1.165) is 17.6 Å². The Morgan fingerprint density at radius 3 is 2.75 bits per heavy atom. The Balaban J connectivity index is 2.15. The van der Waals surface area contributed by atoms with Gasteiger partial charge in [-0.2, -0.15) is 0 Å². The Kier molecular flexibility index (Phi) is 2.52. The summed E-state index contributed by atoms with van der Waals surface area (Å²) in [5.41, 5.74) is 1.65. The average molecular weight is 284 g/mol. The van der Waals surface area contributed by atoms with Gasteiger partial charge in [0.25, 0.3) is 0 Å². The molecule has 98 valence electrons. The number of rotatable bonds is 1. The molecule has 0 saturated carbocycles. The predicted octanol–water partition coefficient (Wildman–Crippen LogP) is 3.47. The van der Waals surface area contributed by atoms with Crippen LogP contribution in [0, 0.1) is 0 Å². The second kappa shape index (κ2) is 4.27. The first-order valence-electron chi connectivity index (χ1n) is 6.36. The summed E-state index contributed by atoms with van der Waals surface area (Å²) in [6.07, 6.45) is 1.69. The largest absolute Gasteiger partial charge is 0.368 e. The maximum Gasteiger partial charge on any atom is 0.195 e. The van der Waals surface area contributed by atoms with E-state index in [9.17, 15) is 4.79 Å². The lowest BCUT2D eigenvalue weighted by molar-refractivity contribution is 0.416. The van der Waals surface area contributed by atoms with Crippen molar-refractivity contribution in [3.05, 3.63) is 63.4 Å². The number of fused-ring (bicyclic) bond motifs is 2. The number of epoxide rings is 1. The Labute approximate surface area is 119 Å². The van der Waals surface area contributed by atoms with Gasteiger partial charge in [-0.1, -0.05) is 29.8 Å². The first-order valence-corrected chi connectivity index (χ1v) is 6.74. The molecule has 2 aromatic carbocycles. The molecule has 0 radical (unpaired) electrons. The smallest absolute Gasteiger partial charge is 0.195 e. The van der Waals surface area contributed by atoms with Crippen LogP contribution in [0.5, 0.6) is 0 Å². The first-order chi connectivity index (χ1) is 9.72. The summed E-state index contributed by atoms with van der Waals surface area (Å²) in [6, 6.07) is 11.3. The summed E-state index contributed by atoms with van der Waals surface area (Å²) in [4.78, 5) is 16.9. The van der Waals surface area contributed by atoms with E-state index in [1.807, 2.05) is 30.3 Å². The number of pyridine rings is 1. The zero-order chi connectivity index (χ0) is 13.7. The zero-order valence-electron chi connectivity index (χ0n) is 10.5. The van der Waals surface area contributed by atoms with Crippen LogP contribution in [0.25, 0.3) is 21.7 Å². The Hall–Kier alpha value is -1.97. The van der Waals surface area contributed by atoms with Crippen LogP contribution in [-0.2, 0) is 4.74 Å². The minimum Gasteiger partial charge on any atom is -0.368 e. The lowest BCUT2D eigenvalue weighted by Gasteiger charge is -1.97. The molecule has 1 atom stereocenters. The number of hydrogen-bond acceptors (Lipinski definition) is 3. The molecule has 3 aromatic rings. The van der Waals surface area contributed by atoms with Crippen molar-refractivity contribution in [2.45, 2.75) is 6.10 Å². The summed E-state index contributed by atoms with van der Waals surface area (Å²) >= 11 is 5.96. The summed E-state index contributed by atoms with van der Waals surface area (Å²) in [6.45, 7) is 0.729. The van der Waals surface area contributed by atoms with Gasteiger partial charge in [-0.25, -0.2) is 0 Å². The minimum absolute atomic E-state index is 0.0440. The van der Waals surface area contributed by atoms with Gasteiger partial charge >= 0.3 is 0 Å². The average Bonchev–Trinajstić information content (AvgIpc) is 3.29. The highest BCUT2D eigenvalue weighted by Gasteiger charge is 2.24. The van der Waals surface area contributed by atoms with Crippen molar-refractivity contribution in [3.63, 3.8) is 0 Å². The number of halogens is 1. The topological polar surface area (TPSA) is 42.5 Å². The van der Waals surface area contributed by atoms with Gasteiger partial charge in [0.15, 0.2) is 5.43 Å². The van der Waals surface area contributed by atoms with Crippen LogP contribution in [0.15, 0.2) is 47.4 Å². The Morgan fingerprint density at radius 2 is 1.95 bits per heavy atom. The maximum absolute atomic E-state index is 12.7. The standard InChI is InChI=1S/C16H10ClNO2/c17-11-6-13-14(18-7-11)4-3-9-1-2-10(15-8-20-15)5-12(9)16(13)19/h1-7,15H,8H2. The van der Waals surface area contributed by atoms with Gasteiger partial charge in [0, 0.05) is 17.0 Å². The van der Waals surface area contributed by atoms with E-state index in [0.29, 0.717) is 21.3 Å². The van der Waals surface area contributed by atoms with E-state index in [2.05, 4.69) is 4.98 Å². The fourth-order valence-electron chi connectivity index (χ4n) is 2.44. The van der Waals surface area contributed by atoms with E-state index < -0.39 is 0 Å². The third-order valence-corrected chi connectivity index (χ3v) is 3.78. The van der Waals surface area contributed by atoms with E-state index >= 15 is 0 Å². The van der Waals surface area contributed by atoms with Gasteiger partial charge in [0.1, 0.15) is 6.10 Å². The van der Waals surface area contributed by atoms with Crippen molar-refractivity contribution >= 4 is 33.3 Å². The Bertz CT molecular complexity index is 904. The summed E-state index contributed by atoms with van der Waals surface area (Å²) in [5, 5.41) is 2.59. The molecule has 2 heterocycles. The van der Waals surface area contributed by atoms with E-state index in [1.54, 1.807) is 12.3 Å². The molecular formula is C16H10ClNO2. The Morgan fingerprint density at radius 1 is 1.15 bits per heavy atom. The minimum atomic E-state index is -0.0440. The molecule has 1 unspecified atom stereocenters. The SMILES string of the molecule is O=c1c2cc(C3CO3)ccc2ccc2ncc(Cl)cc12. The van der Waals surface area contributed by atoms with Crippen LogP contribution in [0.4, 0.5) is 0 Å². The number of ether oxygens (including phenoxy) is 1. The molecule has 0 N–H and O–H groups in total. The van der Waals surface area contributed by atoms with Crippen LogP contribution < -0.4 is 5.43 Å². The molecular weight excluding hydrogens is 274 g/mol. The van der Waals surface area contributed by atoms with Crippen LogP contribution >= 0.6 is 11.6 Å². The third-order valence-electron chi connectivity index (χ3n) is 3.58. The van der Waals surface area contributed by atoms with E-state index in [4.69, 9.17) is 16.3 Å². The quantitative estimate of drug-likeness (QED) is 0.642. The van der Waals surface area contributed by atoms with Crippen LogP contribution in [0.3, 0.4) is 0 Å². The van der Waals surface area contributed by atoms with Crippen molar-refractivity contribution in [2.75, 3.05) is 6.61 Å². The van der Waals surface area contributed by atoms with Crippen LogP contribution in [0.2, 0.25) is 5.02 Å². The normalized spacial score (nSPS) is 17.6. The van der Waals surface area contributed by atoms with E-state index in [-0.39, 0.29) is 11.5 Å². The molecule has 1 aliphatic rings. The first kappa shape index (κ1) is 11.8. The van der Waals surface area contributed by atoms with Crippen molar-refractivity contribution in [2.24, 2.45) is 0 Å². The highest BCUT2D eigenvalue weighted by molar-refractivity contribution is 6.31. The highest BCUT2D eigenvalue weighted by Crippen LogP contribution is 2.31. The number of benzene rings is 1. The number of nitrogens with zero attached hydrogens (tertiary/aromatic N) is 1. The summed E-state index contributed by atoms with van der Waals surface area (Å²) in [5.74, 6) is 0. The predicted molar refractivity (Wildman–Crippen MR) is 79.2 cm³/mol. The van der Waals surface area contributed by atoms with Gasteiger partial charge in [0.2, 0.25) is 0 Å². The van der Waals surface area contributed by atoms with Gasteiger partial charge in [0.05, 0.1) is 17.1 Å². The molecule has 1 saturated heterocycles. The van der Waals surface area contributed by atoms with Gasteiger partial charge < -0.3 is 4.74 Å². The third kappa shape index (κ3) is 1.87. The number of aromatic nitrogens is 1. The highest BCUT2D eigenvalue weighted by atomic mass is 35.5. The van der Waals surface area contributed by atoms with Gasteiger partial charge in [-0.3, -0.25) is 9.78 Å². The van der Waals surface area contributed by atoms with Crippen LogP contribution in [-0.4, -0.2) is 11.6 Å². The molecule has 20 heavy (non-hydrogen) atoms. The maximum atomic E-state index is 12.7.